The summed E-state index contributed by atoms with van der Waals surface area (Å²) >= 11 is 3.29. The largest absolute Gasteiger partial charge is 0.358 e. The first kappa shape index (κ1) is 15.1. The molecule has 0 saturated carbocycles. The molecule has 0 atom stereocenters. The Kier molecular flexibility index (Phi) is 5.30. The van der Waals surface area contributed by atoms with Gasteiger partial charge in [-0.2, -0.15) is 4.31 Å². The second-order valence-corrected chi connectivity index (χ2v) is 6.32. The minimum absolute atomic E-state index is 0.179. The Morgan fingerprint density at radius 3 is 2.33 bits per heavy atom. The predicted octanol–water partition coefficient (Wildman–Crippen LogP) is 0.948. The highest BCUT2D eigenvalue weighted by Crippen LogP contribution is 2.16. The van der Waals surface area contributed by atoms with E-state index in [1.165, 1.54) is 26.2 Å². The summed E-state index contributed by atoms with van der Waals surface area (Å²) in [7, 11) is -0.768. The van der Waals surface area contributed by atoms with Crippen molar-refractivity contribution in [3.63, 3.8) is 0 Å². The standard InChI is InChI=1S/C11H15BrN2O3S/c1-13-11(15)8-14(2)18(16,17)10-5-3-9(7-12)4-6-10/h3-6H,7-8H2,1-2H3,(H,13,15). The summed E-state index contributed by atoms with van der Waals surface area (Å²) in [5.74, 6) is -0.349. The molecule has 7 heteroatoms. The van der Waals surface area contributed by atoms with E-state index in [9.17, 15) is 13.2 Å². The zero-order valence-corrected chi connectivity index (χ0v) is 12.6. The van der Waals surface area contributed by atoms with E-state index in [2.05, 4.69) is 21.2 Å². The van der Waals surface area contributed by atoms with Crippen molar-refractivity contribution in [2.75, 3.05) is 20.6 Å². The Morgan fingerprint density at radius 1 is 1.33 bits per heavy atom. The predicted molar refractivity (Wildman–Crippen MR) is 73.0 cm³/mol. The first-order valence-corrected chi connectivity index (χ1v) is 7.79. The van der Waals surface area contributed by atoms with E-state index in [1.54, 1.807) is 12.1 Å². The number of rotatable bonds is 5. The molecule has 0 aliphatic carbocycles. The number of halogens is 1. The number of amides is 1. The van der Waals surface area contributed by atoms with Gasteiger partial charge >= 0.3 is 0 Å². The fraction of sp³-hybridized carbons (Fsp3) is 0.364. The first-order valence-electron chi connectivity index (χ1n) is 5.23. The van der Waals surface area contributed by atoms with Gasteiger partial charge in [0.2, 0.25) is 15.9 Å². The van der Waals surface area contributed by atoms with Crippen LogP contribution in [0.25, 0.3) is 0 Å². The van der Waals surface area contributed by atoms with Gasteiger partial charge in [0.25, 0.3) is 0 Å². The highest BCUT2D eigenvalue weighted by molar-refractivity contribution is 9.08. The van der Waals surface area contributed by atoms with Crippen LogP contribution in [0, 0.1) is 0 Å². The highest BCUT2D eigenvalue weighted by atomic mass is 79.9. The summed E-state index contributed by atoms with van der Waals surface area (Å²) in [6.07, 6.45) is 0. The Balaban J connectivity index is 2.94. The second kappa shape index (κ2) is 6.31. The van der Waals surface area contributed by atoms with Gasteiger partial charge in [0.15, 0.2) is 0 Å². The molecule has 1 N–H and O–H groups in total. The summed E-state index contributed by atoms with van der Waals surface area (Å²) in [5, 5.41) is 3.05. The molecule has 0 fully saturated rings. The molecule has 0 aromatic heterocycles. The van der Waals surface area contributed by atoms with E-state index in [-0.39, 0.29) is 17.3 Å². The summed E-state index contributed by atoms with van der Waals surface area (Å²) < 4.78 is 25.3. The number of carbonyl (C=O) groups is 1. The van der Waals surface area contributed by atoms with Gasteiger partial charge in [0, 0.05) is 19.4 Å². The van der Waals surface area contributed by atoms with Crippen molar-refractivity contribution in [2.24, 2.45) is 0 Å². The van der Waals surface area contributed by atoms with Crippen LogP contribution in [0.3, 0.4) is 0 Å². The number of carbonyl (C=O) groups excluding carboxylic acids is 1. The number of hydrogen-bond acceptors (Lipinski definition) is 3. The third kappa shape index (κ3) is 3.54. The molecular formula is C11H15BrN2O3S. The van der Waals surface area contributed by atoms with Gasteiger partial charge < -0.3 is 5.32 Å². The maximum Gasteiger partial charge on any atom is 0.243 e. The van der Waals surface area contributed by atoms with Crippen molar-refractivity contribution in [3.8, 4) is 0 Å². The smallest absolute Gasteiger partial charge is 0.243 e. The summed E-state index contributed by atoms with van der Waals surface area (Å²) in [6.45, 7) is -0.195. The summed E-state index contributed by atoms with van der Waals surface area (Å²) in [5.41, 5.74) is 0.989. The Labute approximate surface area is 115 Å². The lowest BCUT2D eigenvalue weighted by atomic mass is 10.2. The van der Waals surface area contributed by atoms with Crippen LogP contribution in [0.4, 0.5) is 0 Å². The lowest BCUT2D eigenvalue weighted by Crippen LogP contribution is -2.36. The maximum absolute atomic E-state index is 12.1. The van der Waals surface area contributed by atoms with Crippen LogP contribution in [0.1, 0.15) is 5.56 Å². The molecule has 5 nitrogen and oxygen atoms in total. The zero-order valence-electron chi connectivity index (χ0n) is 10.2. The number of likely N-dealkylation sites (N-methyl/N-ethyl adjacent to an activating group) is 2. The van der Waals surface area contributed by atoms with Crippen molar-refractivity contribution in [1.29, 1.82) is 0 Å². The van der Waals surface area contributed by atoms with Gasteiger partial charge in [-0.15, -0.1) is 0 Å². The van der Waals surface area contributed by atoms with Crippen molar-refractivity contribution in [1.82, 2.24) is 9.62 Å². The molecule has 18 heavy (non-hydrogen) atoms. The molecule has 1 rings (SSSR count). The van der Waals surface area contributed by atoms with Crippen molar-refractivity contribution in [2.45, 2.75) is 10.2 Å². The normalized spacial score (nSPS) is 11.6. The van der Waals surface area contributed by atoms with Crippen LogP contribution in [-0.2, 0) is 20.1 Å². The molecule has 0 radical (unpaired) electrons. The van der Waals surface area contributed by atoms with E-state index in [0.717, 1.165) is 9.87 Å². The van der Waals surface area contributed by atoms with E-state index in [1.807, 2.05) is 0 Å². The van der Waals surface area contributed by atoms with E-state index in [4.69, 9.17) is 0 Å². The topological polar surface area (TPSA) is 66.5 Å². The maximum atomic E-state index is 12.1. The summed E-state index contributed by atoms with van der Waals surface area (Å²) in [6, 6.07) is 6.53. The fourth-order valence-corrected chi connectivity index (χ4v) is 2.80. The van der Waals surface area contributed by atoms with Crippen LogP contribution in [-0.4, -0.2) is 39.3 Å². The molecule has 1 aromatic carbocycles. The minimum Gasteiger partial charge on any atom is -0.358 e. The van der Waals surface area contributed by atoms with Gasteiger partial charge in [0.1, 0.15) is 0 Å². The molecule has 0 spiro atoms. The molecule has 1 aromatic rings. The number of hydrogen-bond donors (Lipinski definition) is 1. The molecule has 0 aliphatic heterocycles. The molecule has 0 unspecified atom stereocenters. The van der Waals surface area contributed by atoms with Crippen LogP contribution < -0.4 is 5.32 Å². The summed E-state index contributed by atoms with van der Waals surface area (Å²) in [4.78, 5) is 11.4. The molecule has 0 heterocycles. The first-order chi connectivity index (χ1) is 8.41. The second-order valence-electron chi connectivity index (χ2n) is 3.71. The van der Waals surface area contributed by atoms with Crippen molar-refractivity contribution >= 4 is 31.9 Å². The number of sulfonamides is 1. The van der Waals surface area contributed by atoms with Gasteiger partial charge in [-0.25, -0.2) is 8.42 Å². The highest BCUT2D eigenvalue weighted by Gasteiger charge is 2.22. The van der Waals surface area contributed by atoms with Crippen LogP contribution in [0.15, 0.2) is 29.2 Å². The zero-order chi connectivity index (χ0) is 13.8. The quantitative estimate of drug-likeness (QED) is 0.815. The van der Waals surface area contributed by atoms with Gasteiger partial charge in [-0.3, -0.25) is 4.79 Å². The molecular weight excluding hydrogens is 320 g/mol. The lowest BCUT2D eigenvalue weighted by molar-refractivity contribution is -0.120. The number of benzene rings is 1. The Bertz CT molecular complexity index is 514. The number of alkyl halides is 1. The monoisotopic (exact) mass is 334 g/mol. The Hall–Kier alpha value is -0.920. The van der Waals surface area contributed by atoms with E-state index >= 15 is 0 Å². The van der Waals surface area contributed by atoms with Crippen LogP contribution in [0.5, 0.6) is 0 Å². The van der Waals surface area contributed by atoms with Crippen LogP contribution in [0.2, 0.25) is 0 Å². The molecule has 0 saturated heterocycles. The Morgan fingerprint density at radius 2 is 1.89 bits per heavy atom. The third-order valence-corrected chi connectivity index (χ3v) is 4.90. The SMILES string of the molecule is CNC(=O)CN(C)S(=O)(=O)c1ccc(CBr)cc1. The number of nitrogens with one attached hydrogen (secondary N) is 1. The van der Waals surface area contributed by atoms with Crippen molar-refractivity contribution in [3.05, 3.63) is 29.8 Å². The third-order valence-electron chi connectivity index (χ3n) is 2.43. The van der Waals surface area contributed by atoms with E-state index in [0.29, 0.717) is 5.33 Å². The molecule has 100 valence electrons. The fourth-order valence-electron chi connectivity index (χ4n) is 1.30. The van der Waals surface area contributed by atoms with Gasteiger partial charge in [-0.1, -0.05) is 28.1 Å². The van der Waals surface area contributed by atoms with Gasteiger partial charge in [-0.05, 0) is 17.7 Å². The molecule has 0 bridgehead atoms. The average molecular weight is 335 g/mol. The molecule has 1 amide bonds. The lowest BCUT2D eigenvalue weighted by Gasteiger charge is -2.16. The van der Waals surface area contributed by atoms with Crippen molar-refractivity contribution < 1.29 is 13.2 Å². The number of nitrogens with zero attached hydrogens (tertiary/aromatic N) is 1. The van der Waals surface area contributed by atoms with Gasteiger partial charge in [0.05, 0.1) is 11.4 Å². The molecule has 0 aliphatic rings. The average Bonchev–Trinajstić information content (AvgIpc) is 2.38. The minimum atomic E-state index is -3.61. The van der Waals surface area contributed by atoms with Crippen LogP contribution >= 0.6 is 15.9 Å². The van der Waals surface area contributed by atoms with E-state index < -0.39 is 10.0 Å².